The third kappa shape index (κ3) is 6.38. The molecule has 0 bridgehead atoms. The summed E-state index contributed by atoms with van der Waals surface area (Å²) in [5, 5.41) is 2.85. The molecule has 1 unspecified atom stereocenters. The molecule has 1 aromatic rings. The molecule has 1 aliphatic heterocycles. The number of hydrogen-bond donors (Lipinski definition) is 1. The zero-order valence-electron chi connectivity index (χ0n) is 15.6. The van der Waals surface area contributed by atoms with Crippen molar-refractivity contribution in [2.45, 2.75) is 63.3 Å². The Morgan fingerprint density at radius 3 is 2.20 bits per heavy atom. The molecular weight excluding hydrogens is 332 g/mol. The number of carbonyl (C=O) groups is 2. The molecule has 1 fully saturated rings. The van der Waals surface area contributed by atoms with Crippen LogP contribution in [0.3, 0.4) is 0 Å². The number of nitrogens with zero attached hydrogens (tertiary/aromatic N) is 1. The first-order valence-corrected chi connectivity index (χ1v) is 10.2. The zero-order chi connectivity index (χ0) is 18.2. The van der Waals surface area contributed by atoms with E-state index in [4.69, 9.17) is 0 Å². The lowest BCUT2D eigenvalue weighted by molar-refractivity contribution is -0.135. The second-order valence-electron chi connectivity index (χ2n) is 7.03. The first-order valence-electron chi connectivity index (χ1n) is 9.26. The van der Waals surface area contributed by atoms with Crippen molar-refractivity contribution in [3.8, 4) is 0 Å². The fourth-order valence-corrected chi connectivity index (χ4v) is 3.97. The summed E-state index contributed by atoms with van der Waals surface area (Å²) in [6.07, 6.45) is 4.49. The van der Waals surface area contributed by atoms with Gasteiger partial charge in [0.1, 0.15) is 6.04 Å². The summed E-state index contributed by atoms with van der Waals surface area (Å²) in [6.45, 7) is 7.44. The zero-order valence-corrected chi connectivity index (χ0v) is 16.4. The minimum absolute atomic E-state index is 0.0587. The van der Waals surface area contributed by atoms with E-state index in [-0.39, 0.29) is 11.8 Å². The molecule has 2 rings (SSSR count). The van der Waals surface area contributed by atoms with Crippen LogP contribution in [0.4, 0.5) is 0 Å². The monoisotopic (exact) mass is 362 g/mol. The molecule has 0 radical (unpaired) electrons. The van der Waals surface area contributed by atoms with E-state index in [2.05, 4.69) is 43.4 Å². The summed E-state index contributed by atoms with van der Waals surface area (Å²) in [7, 11) is 0. The van der Waals surface area contributed by atoms with Crippen LogP contribution >= 0.6 is 11.8 Å². The highest BCUT2D eigenvalue weighted by molar-refractivity contribution is 7.99. The Morgan fingerprint density at radius 2 is 1.68 bits per heavy atom. The molecule has 1 heterocycles. The van der Waals surface area contributed by atoms with Crippen molar-refractivity contribution in [2.24, 2.45) is 0 Å². The van der Waals surface area contributed by atoms with Crippen LogP contribution in [0.25, 0.3) is 0 Å². The van der Waals surface area contributed by atoms with Gasteiger partial charge in [0.2, 0.25) is 11.8 Å². The highest BCUT2D eigenvalue weighted by Crippen LogP contribution is 2.23. The molecule has 1 aromatic carbocycles. The second-order valence-corrected chi connectivity index (χ2v) is 8.12. The summed E-state index contributed by atoms with van der Waals surface area (Å²) < 4.78 is 0. The predicted octanol–water partition coefficient (Wildman–Crippen LogP) is 3.81. The first-order chi connectivity index (χ1) is 12.0. The number of benzene rings is 1. The Bertz CT molecular complexity index is 564. The average molecular weight is 363 g/mol. The van der Waals surface area contributed by atoms with Gasteiger partial charge in [-0.05, 0) is 36.5 Å². The molecule has 0 spiro atoms. The molecule has 1 atom stereocenters. The molecule has 1 aliphatic rings. The van der Waals surface area contributed by atoms with Crippen molar-refractivity contribution in [1.29, 1.82) is 0 Å². The van der Waals surface area contributed by atoms with Gasteiger partial charge >= 0.3 is 0 Å². The van der Waals surface area contributed by atoms with Gasteiger partial charge in [0.25, 0.3) is 0 Å². The van der Waals surface area contributed by atoms with E-state index < -0.39 is 6.04 Å². The van der Waals surface area contributed by atoms with E-state index >= 15 is 0 Å². The van der Waals surface area contributed by atoms with Gasteiger partial charge in [-0.3, -0.25) is 9.59 Å². The van der Waals surface area contributed by atoms with Crippen molar-refractivity contribution in [2.75, 3.05) is 18.8 Å². The van der Waals surface area contributed by atoms with Crippen LogP contribution < -0.4 is 5.32 Å². The topological polar surface area (TPSA) is 49.4 Å². The number of thioether (sulfide) groups is 1. The molecular formula is C20H30N2O2S. The third-order valence-electron chi connectivity index (χ3n) is 4.56. The van der Waals surface area contributed by atoms with Gasteiger partial charge in [-0.25, -0.2) is 0 Å². The molecule has 0 aliphatic carbocycles. The van der Waals surface area contributed by atoms with Crippen molar-refractivity contribution in [3.63, 3.8) is 0 Å². The Balaban J connectivity index is 1.98. The highest BCUT2D eigenvalue weighted by atomic mass is 32.2. The Hall–Kier alpha value is -1.49. The second kappa shape index (κ2) is 9.85. The van der Waals surface area contributed by atoms with E-state index in [0.29, 0.717) is 11.7 Å². The van der Waals surface area contributed by atoms with Crippen molar-refractivity contribution in [1.82, 2.24) is 10.2 Å². The quantitative estimate of drug-likeness (QED) is 0.783. The largest absolute Gasteiger partial charge is 0.344 e. The lowest BCUT2D eigenvalue weighted by Crippen LogP contribution is -2.49. The number of rotatable bonds is 6. The fraction of sp³-hybridized carbons (Fsp3) is 0.600. The predicted molar refractivity (Wildman–Crippen MR) is 104 cm³/mol. The Morgan fingerprint density at radius 1 is 1.08 bits per heavy atom. The van der Waals surface area contributed by atoms with Crippen LogP contribution in [-0.4, -0.2) is 41.6 Å². The van der Waals surface area contributed by atoms with Crippen molar-refractivity contribution < 1.29 is 9.59 Å². The maximum atomic E-state index is 12.8. The Kier molecular flexibility index (Phi) is 7.82. The van der Waals surface area contributed by atoms with Crippen LogP contribution in [0.1, 0.15) is 57.9 Å². The summed E-state index contributed by atoms with van der Waals surface area (Å²) >= 11 is 1.63. The third-order valence-corrected chi connectivity index (χ3v) is 5.66. The van der Waals surface area contributed by atoms with Crippen molar-refractivity contribution >= 4 is 23.6 Å². The smallest absolute Gasteiger partial charge is 0.246 e. The maximum absolute atomic E-state index is 12.8. The Labute approximate surface area is 155 Å². The molecule has 4 nitrogen and oxygen atoms in total. The highest BCUT2D eigenvalue weighted by Gasteiger charge is 2.25. The molecule has 0 saturated carbocycles. The number of likely N-dealkylation sites (tertiary alicyclic amines) is 1. The molecule has 1 saturated heterocycles. The molecule has 25 heavy (non-hydrogen) atoms. The molecule has 138 valence electrons. The summed E-state index contributed by atoms with van der Waals surface area (Å²) in [4.78, 5) is 27.5. The van der Waals surface area contributed by atoms with Crippen LogP contribution in [0, 0.1) is 0 Å². The van der Waals surface area contributed by atoms with E-state index in [9.17, 15) is 9.59 Å². The average Bonchev–Trinajstić information content (AvgIpc) is 2.87. The molecule has 5 heteroatoms. The van der Waals surface area contributed by atoms with E-state index in [1.54, 1.807) is 11.8 Å². The molecule has 2 amide bonds. The van der Waals surface area contributed by atoms with Gasteiger partial charge < -0.3 is 10.2 Å². The number of nitrogens with one attached hydrogen (secondary N) is 1. The maximum Gasteiger partial charge on any atom is 0.246 e. The standard InChI is InChI=1S/C20H30N2O2S/c1-15(2)17-8-10-18(11-9-17)25-14-19(21-16(3)23)20(24)22-12-6-4-5-7-13-22/h8-11,15,19H,4-7,12-14H2,1-3H3,(H,21,23). The molecule has 1 N–H and O–H groups in total. The van der Waals surface area contributed by atoms with Crippen LogP contribution in [0.15, 0.2) is 29.2 Å². The lowest BCUT2D eigenvalue weighted by atomic mass is 10.0. The number of carbonyl (C=O) groups excluding carboxylic acids is 2. The summed E-state index contributed by atoms with van der Waals surface area (Å²) in [5.74, 6) is 0.985. The van der Waals surface area contributed by atoms with Gasteiger partial charge in [0, 0.05) is 30.7 Å². The number of hydrogen-bond acceptors (Lipinski definition) is 3. The number of amides is 2. The summed E-state index contributed by atoms with van der Waals surface area (Å²) in [5.41, 5.74) is 1.31. The minimum atomic E-state index is -0.453. The lowest BCUT2D eigenvalue weighted by Gasteiger charge is -2.26. The van der Waals surface area contributed by atoms with E-state index in [0.717, 1.165) is 30.8 Å². The van der Waals surface area contributed by atoms with Gasteiger partial charge in [-0.1, -0.05) is 38.8 Å². The minimum Gasteiger partial charge on any atom is -0.344 e. The van der Waals surface area contributed by atoms with E-state index in [1.807, 2.05) is 4.90 Å². The molecule has 0 aromatic heterocycles. The van der Waals surface area contributed by atoms with Gasteiger partial charge in [0.15, 0.2) is 0 Å². The fourth-order valence-electron chi connectivity index (χ4n) is 3.06. The van der Waals surface area contributed by atoms with Gasteiger partial charge in [-0.15, -0.1) is 11.8 Å². The van der Waals surface area contributed by atoms with E-state index in [1.165, 1.54) is 25.3 Å². The van der Waals surface area contributed by atoms with Crippen LogP contribution in [-0.2, 0) is 9.59 Å². The van der Waals surface area contributed by atoms with Crippen molar-refractivity contribution in [3.05, 3.63) is 29.8 Å². The normalized spacial score (nSPS) is 16.4. The first kappa shape index (κ1) is 19.8. The summed E-state index contributed by atoms with van der Waals surface area (Å²) in [6, 6.07) is 8.02. The van der Waals surface area contributed by atoms with Gasteiger partial charge in [0.05, 0.1) is 0 Å². The SMILES string of the molecule is CC(=O)NC(CSc1ccc(C(C)C)cc1)C(=O)N1CCCCCC1. The van der Waals surface area contributed by atoms with Gasteiger partial charge in [-0.2, -0.15) is 0 Å². The van der Waals surface area contributed by atoms with Crippen LogP contribution in [0.5, 0.6) is 0 Å². The van der Waals surface area contributed by atoms with Crippen LogP contribution in [0.2, 0.25) is 0 Å².